The molecule has 0 amide bonds. The lowest BCUT2D eigenvalue weighted by Gasteiger charge is -2.19. The molecule has 1 saturated carbocycles. The molecule has 11 heteroatoms. The van der Waals surface area contributed by atoms with Crippen molar-refractivity contribution < 1.29 is 29.2 Å². The number of nitrogens with zero attached hydrogens (tertiary/aromatic N) is 3. The topological polar surface area (TPSA) is 137 Å². The number of benzene rings is 3. The number of aliphatic hydroxyl groups excluding tert-OH is 1. The highest BCUT2D eigenvalue weighted by Gasteiger charge is 2.50. The van der Waals surface area contributed by atoms with E-state index in [0.29, 0.717) is 60.2 Å². The number of likely N-dealkylation sites (tertiary alicyclic amines) is 1. The first-order chi connectivity index (χ1) is 24.7. The Morgan fingerprint density at radius 1 is 1.00 bits per heavy atom. The van der Waals surface area contributed by atoms with Crippen molar-refractivity contribution in [2.24, 2.45) is 0 Å². The van der Waals surface area contributed by atoms with Gasteiger partial charge in [-0.2, -0.15) is 5.26 Å². The number of pyridine rings is 1. The van der Waals surface area contributed by atoms with Crippen LogP contribution in [0.1, 0.15) is 58.2 Å². The number of halogens is 1. The van der Waals surface area contributed by atoms with Gasteiger partial charge in [0, 0.05) is 55.8 Å². The van der Waals surface area contributed by atoms with Crippen LogP contribution in [0.25, 0.3) is 11.1 Å². The lowest BCUT2D eigenvalue weighted by molar-refractivity contribution is -0.140. The first kappa shape index (κ1) is 36.3. The number of β-amino-alcohol motifs (C(OH)–C–C–N with tert-alkyl or cyclic N) is 1. The van der Waals surface area contributed by atoms with E-state index in [-0.39, 0.29) is 25.9 Å². The van der Waals surface area contributed by atoms with Crippen molar-refractivity contribution in [1.82, 2.24) is 15.2 Å². The molecule has 51 heavy (non-hydrogen) atoms. The molecule has 266 valence electrons. The molecule has 3 N–H and O–H groups in total. The summed E-state index contributed by atoms with van der Waals surface area (Å²) in [5.74, 6) is 0.0456. The van der Waals surface area contributed by atoms with Crippen LogP contribution in [0, 0.1) is 25.2 Å². The summed E-state index contributed by atoms with van der Waals surface area (Å²) in [7, 11) is 0. The van der Waals surface area contributed by atoms with Gasteiger partial charge < -0.3 is 24.4 Å². The zero-order valence-corrected chi connectivity index (χ0v) is 29.7. The van der Waals surface area contributed by atoms with E-state index in [1.54, 1.807) is 24.4 Å². The second-order valence-corrected chi connectivity index (χ2v) is 13.8. The van der Waals surface area contributed by atoms with Gasteiger partial charge >= 0.3 is 5.97 Å². The third-order valence-corrected chi connectivity index (χ3v) is 10.1. The van der Waals surface area contributed by atoms with E-state index in [1.165, 1.54) is 6.20 Å². The van der Waals surface area contributed by atoms with E-state index in [1.807, 2.05) is 12.1 Å². The average molecular weight is 711 g/mol. The minimum atomic E-state index is -0.935. The minimum Gasteiger partial charge on any atom is -0.488 e. The summed E-state index contributed by atoms with van der Waals surface area (Å²) in [5.41, 5.74) is 7.54. The number of aliphatic carboxylic acids is 1. The Hall–Kier alpha value is -4.50. The third-order valence-electron chi connectivity index (χ3n) is 9.83. The summed E-state index contributed by atoms with van der Waals surface area (Å²) in [5, 5.41) is 32.3. The second kappa shape index (κ2) is 16.2. The average Bonchev–Trinajstić information content (AvgIpc) is 3.82. The first-order valence-corrected chi connectivity index (χ1v) is 17.6. The van der Waals surface area contributed by atoms with Gasteiger partial charge in [-0.3, -0.25) is 20.0 Å². The molecule has 1 aliphatic heterocycles. The number of hydrogen-bond acceptors (Lipinski definition) is 9. The van der Waals surface area contributed by atoms with Crippen molar-refractivity contribution in [1.29, 1.82) is 5.26 Å². The standard InChI is InChI=1S/C40H43ClN4O6/c1-26-30(24-49-14-13-45-12-9-33(46)22-45)5-3-7-34(26)35-8-4-6-31(27(35)2)25-51-38-17-37(50-23-29-15-28(18-42)19-43-20-29)32(16-36(38)41)21-44-40(10-11-40)39(47)48/h3-8,15-17,19-20,33,44,46H,9-14,21-25H2,1-2H3,(H,47,48). The molecule has 1 aliphatic carbocycles. The normalized spacial score (nSPS) is 16.5. The molecule has 0 spiro atoms. The number of hydrogen-bond donors (Lipinski definition) is 3. The van der Waals surface area contributed by atoms with Gasteiger partial charge in [0.1, 0.15) is 36.3 Å². The van der Waals surface area contributed by atoms with Crippen LogP contribution in [-0.4, -0.2) is 64.0 Å². The minimum absolute atomic E-state index is 0.147. The Labute approximate surface area is 303 Å². The Bertz CT molecular complexity index is 1920. The molecule has 10 nitrogen and oxygen atoms in total. The zero-order chi connectivity index (χ0) is 36.0. The molecular weight excluding hydrogens is 668 g/mol. The van der Waals surface area contributed by atoms with Crippen molar-refractivity contribution in [3.8, 4) is 28.7 Å². The maximum absolute atomic E-state index is 11.8. The number of aliphatic hydroxyl groups is 1. The fourth-order valence-corrected chi connectivity index (χ4v) is 6.65. The van der Waals surface area contributed by atoms with Gasteiger partial charge in [-0.05, 0) is 78.6 Å². The van der Waals surface area contributed by atoms with Crippen LogP contribution in [0.2, 0.25) is 5.02 Å². The Balaban J connectivity index is 1.16. The molecular formula is C40H43ClN4O6. The number of ether oxygens (including phenoxy) is 3. The lowest BCUT2D eigenvalue weighted by Crippen LogP contribution is -2.38. The van der Waals surface area contributed by atoms with Crippen LogP contribution in [0.4, 0.5) is 0 Å². The van der Waals surface area contributed by atoms with Crippen LogP contribution < -0.4 is 14.8 Å². The fourth-order valence-electron chi connectivity index (χ4n) is 6.41. The van der Waals surface area contributed by atoms with E-state index >= 15 is 0 Å². The molecule has 2 heterocycles. The van der Waals surface area contributed by atoms with Crippen molar-refractivity contribution in [3.05, 3.63) is 111 Å². The number of nitrogens with one attached hydrogen (secondary N) is 1. The molecule has 0 radical (unpaired) electrons. The van der Waals surface area contributed by atoms with Crippen molar-refractivity contribution >= 4 is 17.6 Å². The highest BCUT2D eigenvalue weighted by molar-refractivity contribution is 6.32. The lowest BCUT2D eigenvalue weighted by atomic mass is 9.92. The molecule has 6 rings (SSSR count). The van der Waals surface area contributed by atoms with Crippen LogP contribution in [0.5, 0.6) is 11.5 Å². The molecule has 1 aromatic heterocycles. The monoisotopic (exact) mass is 710 g/mol. The van der Waals surface area contributed by atoms with Crippen molar-refractivity contribution in [2.45, 2.75) is 71.1 Å². The van der Waals surface area contributed by atoms with Crippen molar-refractivity contribution in [3.63, 3.8) is 0 Å². The summed E-state index contributed by atoms with van der Waals surface area (Å²) >= 11 is 6.76. The van der Waals surface area contributed by atoms with Crippen LogP contribution in [0.15, 0.2) is 67.0 Å². The zero-order valence-electron chi connectivity index (χ0n) is 29.0. The highest BCUT2D eigenvalue weighted by Crippen LogP contribution is 2.39. The summed E-state index contributed by atoms with van der Waals surface area (Å²) in [6.45, 7) is 8.44. The molecule has 3 aromatic carbocycles. The fraction of sp³-hybridized carbons (Fsp3) is 0.375. The molecule has 2 fully saturated rings. The van der Waals surface area contributed by atoms with Crippen LogP contribution in [-0.2, 0) is 35.9 Å². The summed E-state index contributed by atoms with van der Waals surface area (Å²) in [4.78, 5) is 18.1. The predicted octanol–water partition coefficient (Wildman–Crippen LogP) is 6.34. The number of carbonyl (C=O) groups is 1. The van der Waals surface area contributed by atoms with Gasteiger partial charge in [0.05, 0.1) is 29.9 Å². The van der Waals surface area contributed by atoms with Gasteiger partial charge in [-0.15, -0.1) is 0 Å². The largest absolute Gasteiger partial charge is 0.488 e. The van der Waals surface area contributed by atoms with E-state index < -0.39 is 11.5 Å². The molecule has 1 atom stereocenters. The quantitative estimate of drug-likeness (QED) is 0.113. The molecule has 1 unspecified atom stereocenters. The Kier molecular flexibility index (Phi) is 11.6. The predicted molar refractivity (Wildman–Crippen MR) is 194 cm³/mol. The SMILES string of the molecule is Cc1c(COCCN2CCC(O)C2)cccc1-c1cccc(COc2cc(OCc3cncc(C#N)c3)c(CNC3(C(=O)O)CC3)cc2Cl)c1C. The van der Waals surface area contributed by atoms with E-state index in [9.17, 15) is 20.3 Å². The summed E-state index contributed by atoms with van der Waals surface area (Å²) in [6.07, 6.45) is 4.84. The maximum Gasteiger partial charge on any atom is 0.323 e. The van der Waals surface area contributed by atoms with Gasteiger partial charge in [0.25, 0.3) is 0 Å². The Morgan fingerprint density at radius 2 is 1.71 bits per heavy atom. The highest BCUT2D eigenvalue weighted by atomic mass is 35.5. The number of carboxylic acid groups (broad SMARTS) is 1. The smallest absolute Gasteiger partial charge is 0.323 e. The molecule has 0 bridgehead atoms. The third kappa shape index (κ3) is 8.87. The summed E-state index contributed by atoms with van der Waals surface area (Å²) in [6, 6.07) is 19.8. The second-order valence-electron chi connectivity index (χ2n) is 13.4. The Morgan fingerprint density at radius 3 is 2.35 bits per heavy atom. The first-order valence-electron chi connectivity index (χ1n) is 17.2. The van der Waals surface area contributed by atoms with Crippen LogP contribution >= 0.6 is 11.6 Å². The number of nitriles is 1. The van der Waals surface area contributed by atoms with Crippen molar-refractivity contribution in [2.75, 3.05) is 26.2 Å². The summed E-state index contributed by atoms with van der Waals surface area (Å²) < 4.78 is 18.6. The van der Waals surface area contributed by atoms with E-state index in [4.69, 9.17) is 25.8 Å². The van der Waals surface area contributed by atoms with E-state index in [2.05, 4.69) is 59.4 Å². The van der Waals surface area contributed by atoms with Gasteiger partial charge in [-0.25, -0.2) is 0 Å². The van der Waals surface area contributed by atoms with Gasteiger partial charge in [-0.1, -0.05) is 48.0 Å². The van der Waals surface area contributed by atoms with E-state index in [0.717, 1.165) is 58.5 Å². The molecule has 2 aliphatic rings. The number of aromatic nitrogens is 1. The number of carboxylic acids is 1. The molecule has 1 saturated heterocycles. The van der Waals surface area contributed by atoms with Gasteiger partial charge in [0.2, 0.25) is 0 Å². The maximum atomic E-state index is 11.8. The van der Waals surface area contributed by atoms with Crippen LogP contribution in [0.3, 0.4) is 0 Å². The number of rotatable bonds is 16. The van der Waals surface area contributed by atoms with Gasteiger partial charge in [0.15, 0.2) is 0 Å². The molecule has 4 aromatic rings.